The monoisotopic (exact) mass is 282 g/mol. The first-order valence-electron chi connectivity index (χ1n) is 5.57. The predicted molar refractivity (Wildman–Crippen MR) is 66.4 cm³/mol. The minimum absolute atomic E-state index is 0.00884. The molecule has 0 aliphatic carbocycles. The third-order valence-corrected chi connectivity index (χ3v) is 2.58. The highest BCUT2D eigenvalue weighted by atomic mass is 35.5. The Kier molecular flexibility index (Phi) is 4.01. The van der Waals surface area contributed by atoms with Crippen LogP contribution in [0.2, 0.25) is 5.02 Å². The molecule has 2 rings (SSSR count). The summed E-state index contributed by atoms with van der Waals surface area (Å²) >= 11 is 5.74. The second-order valence-corrected chi connectivity index (χ2v) is 4.13. The molecule has 2 aromatic rings. The molecule has 0 spiro atoms. The maximum Gasteiger partial charge on any atom is 0.339 e. The lowest BCUT2D eigenvalue weighted by molar-refractivity contribution is 0.0691. The number of aryl methyl sites for hydroxylation is 1. The highest BCUT2D eigenvalue weighted by molar-refractivity contribution is 6.31. The molecular formula is C12H11ClN2O4. The molecule has 0 atom stereocenters. The molecule has 0 bridgehead atoms. The van der Waals surface area contributed by atoms with Gasteiger partial charge in [-0.1, -0.05) is 23.7 Å². The number of hydrogen-bond acceptors (Lipinski definition) is 5. The fourth-order valence-electron chi connectivity index (χ4n) is 1.43. The van der Waals surface area contributed by atoms with Crippen LogP contribution in [0.5, 0.6) is 5.75 Å². The van der Waals surface area contributed by atoms with Crippen molar-refractivity contribution in [2.45, 2.75) is 20.0 Å². The van der Waals surface area contributed by atoms with Crippen LogP contribution in [0.4, 0.5) is 0 Å². The second-order valence-electron chi connectivity index (χ2n) is 3.69. The summed E-state index contributed by atoms with van der Waals surface area (Å²) in [5.41, 5.74) is -0.0114. The first-order chi connectivity index (χ1) is 9.10. The quantitative estimate of drug-likeness (QED) is 0.907. The molecule has 1 heterocycles. The van der Waals surface area contributed by atoms with E-state index < -0.39 is 5.97 Å². The molecule has 19 heavy (non-hydrogen) atoms. The summed E-state index contributed by atoms with van der Waals surface area (Å²) in [6.45, 7) is 1.91. The zero-order valence-corrected chi connectivity index (χ0v) is 10.8. The van der Waals surface area contributed by atoms with Crippen molar-refractivity contribution in [2.24, 2.45) is 0 Å². The Labute approximate surface area is 114 Å². The number of aromatic nitrogens is 2. The first-order valence-corrected chi connectivity index (χ1v) is 5.95. The van der Waals surface area contributed by atoms with E-state index in [1.807, 2.05) is 6.92 Å². The lowest BCUT2D eigenvalue weighted by Gasteiger charge is -2.07. The minimum Gasteiger partial charge on any atom is -0.483 e. The fourth-order valence-corrected chi connectivity index (χ4v) is 1.60. The fraction of sp³-hybridized carbons (Fsp3) is 0.250. The maximum atomic E-state index is 11.0. The molecule has 1 aromatic carbocycles. The Hall–Kier alpha value is -2.08. The van der Waals surface area contributed by atoms with Gasteiger partial charge in [0, 0.05) is 11.4 Å². The van der Waals surface area contributed by atoms with Crippen LogP contribution in [0.1, 0.15) is 29.0 Å². The Morgan fingerprint density at radius 2 is 2.32 bits per heavy atom. The molecule has 0 aliphatic heterocycles. The highest BCUT2D eigenvalue weighted by Gasteiger charge is 2.13. The summed E-state index contributed by atoms with van der Waals surface area (Å²) in [6.07, 6.45) is 0.658. The average Bonchev–Trinajstić information content (AvgIpc) is 2.85. The van der Waals surface area contributed by atoms with Gasteiger partial charge < -0.3 is 14.4 Å². The zero-order valence-electron chi connectivity index (χ0n) is 10.1. The standard InChI is InChI=1S/C12H11ClN2O4/c1-2-10-14-11(19-15-10)6-18-9-4-3-7(13)5-8(9)12(16)17/h3-5H,2,6H2,1H3,(H,16,17). The SMILES string of the molecule is CCc1noc(COc2ccc(Cl)cc2C(=O)O)n1. The average molecular weight is 283 g/mol. The number of hydrogen-bond donors (Lipinski definition) is 1. The van der Waals surface area contributed by atoms with Crippen molar-refractivity contribution in [1.82, 2.24) is 10.1 Å². The van der Waals surface area contributed by atoms with E-state index in [4.69, 9.17) is 26.0 Å². The van der Waals surface area contributed by atoms with Crippen LogP contribution >= 0.6 is 11.6 Å². The molecule has 0 saturated carbocycles. The smallest absolute Gasteiger partial charge is 0.339 e. The number of nitrogens with zero attached hydrogens (tertiary/aromatic N) is 2. The number of rotatable bonds is 5. The molecule has 1 aromatic heterocycles. The van der Waals surface area contributed by atoms with Gasteiger partial charge in [-0.15, -0.1) is 0 Å². The van der Waals surface area contributed by atoms with Crippen molar-refractivity contribution in [3.05, 3.63) is 40.5 Å². The number of carbonyl (C=O) groups is 1. The predicted octanol–water partition coefficient (Wildman–Crippen LogP) is 2.56. The molecule has 6 nitrogen and oxygen atoms in total. The topological polar surface area (TPSA) is 85.5 Å². The van der Waals surface area contributed by atoms with E-state index in [0.29, 0.717) is 23.2 Å². The molecule has 0 unspecified atom stereocenters. The van der Waals surface area contributed by atoms with Gasteiger partial charge in [-0.2, -0.15) is 4.98 Å². The molecule has 0 radical (unpaired) electrons. The number of carboxylic acid groups (broad SMARTS) is 1. The van der Waals surface area contributed by atoms with E-state index in [2.05, 4.69) is 10.1 Å². The van der Waals surface area contributed by atoms with E-state index in [1.54, 1.807) is 6.07 Å². The van der Waals surface area contributed by atoms with Gasteiger partial charge in [0.25, 0.3) is 5.89 Å². The van der Waals surface area contributed by atoms with Crippen molar-refractivity contribution in [2.75, 3.05) is 0 Å². The minimum atomic E-state index is -1.11. The van der Waals surface area contributed by atoms with Crippen molar-refractivity contribution in [3.8, 4) is 5.75 Å². The van der Waals surface area contributed by atoms with Gasteiger partial charge >= 0.3 is 5.97 Å². The van der Waals surface area contributed by atoms with Crippen molar-refractivity contribution in [1.29, 1.82) is 0 Å². The summed E-state index contributed by atoms with van der Waals surface area (Å²) in [5.74, 6) is -0.0401. The van der Waals surface area contributed by atoms with Crippen LogP contribution in [0.25, 0.3) is 0 Å². The molecule has 0 aliphatic rings. The third-order valence-electron chi connectivity index (χ3n) is 2.35. The van der Waals surface area contributed by atoms with Gasteiger partial charge in [0.2, 0.25) is 0 Å². The van der Waals surface area contributed by atoms with E-state index in [1.165, 1.54) is 12.1 Å². The van der Waals surface area contributed by atoms with Crippen LogP contribution in [-0.4, -0.2) is 21.2 Å². The third kappa shape index (κ3) is 3.23. The molecule has 7 heteroatoms. The molecule has 0 saturated heterocycles. The highest BCUT2D eigenvalue weighted by Crippen LogP contribution is 2.23. The maximum absolute atomic E-state index is 11.0. The van der Waals surface area contributed by atoms with Crippen LogP contribution in [-0.2, 0) is 13.0 Å². The molecular weight excluding hydrogens is 272 g/mol. The number of ether oxygens (including phenoxy) is 1. The van der Waals surface area contributed by atoms with Gasteiger partial charge in [0.1, 0.15) is 11.3 Å². The van der Waals surface area contributed by atoms with Crippen molar-refractivity contribution < 1.29 is 19.2 Å². The summed E-state index contributed by atoms with van der Waals surface area (Å²) < 4.78 is 10.3. The summed E-state index contributed by atoms with van der Waals surface area (Å²) in [4.78, 5) is 15.1. The summed E-state index contributed by atoms with van der Waals surface area (Å²) in [6, 6.07) is 4.36. The van der Waals surface area contributed by atoms with E-state index in [0.717, 1.165) is 0 Å². The summed E-state index contributed by atoms with van der Waals surface area (Å²) in [5, 5.41) is 13.1. The number of carboxylic acids is 1. The number of halogens is 1. The Morgan fingerprint density at radius 1 is 1.53 bits per heavy atom. The van der Waals surface area contributed by atoms with Gasteiger partial charge in [0.15, 0.2) is 12.4 Å². The van der Waals surface area contributed by atoms with Gasteiger partial charge in [-0.05, 0) is 18.2 Å². The molecule has 0 fully saturated rings. The Balaban J connectivity index is 2.12. The largest absolute Gasteiger partial charge is 0.483 e. The lowest BCUT2D eigenvalue weighted by atomic mass is 10.2. The first kappa shape index (κ1) is 13.4. The number of benzene rings is 1. The van der Waals surface area contributed by atoms with E-state index in [9.17, 15) is 4.79 Å². The van der Waals surface area contributed by atoms with Gasteiger partial charge in [-0.3, -0.25) is 0 Å². The molecule has 0 amide bonds. The lowest BCUT2D eigenvalue weighted by Crippen LogP contribution is -2.03. The normalized spacial score (nSPS) is 10.4. The van der Waals surface area contributed by atoms with Gasteiger partial charge in [0.05, 0.1) is 0 Å². The van der Waals surface area contributed by atoms with Crippen molar-refractivity contribution in [3.63, 3.8) is 0 Å². The van der Waals surface area contributed by atoms with Gasteiger partial charge in [-0.25, -0.2) is 4.79 Å². The molecule has 1 N–H and O–H groups in total. The second kappa shape index (κ2) is 5.71. The molecule has 100 valence electrons. The van der Waals surface area contributed by atoms with Crippen molar-refractivity contribution >= 4 is 17.6 Å². The van der Waals surface area contributed by atoms with Crippen LogP contribution in [0.15, 0.2) is 22.7 Å². The Bertz CT molecular complexity index is 597. The van der Waals surface area contributed by atoms with E-state index in [-0.39, 0.29) is 17.9 Å². The number of aromatic carboxylic acids is 1. The van der Waals surface area contributed by atoms with Crippen LogP contribution in [0, 0.1) is 0 Å². The van der Waals surface area contributed by atoms with Crippen LogP contribution < -0.4 is 4.74 Å². The Morgan fingerprint density at radius 3 is 2.95 bits per heavy atom. The summed E-state index contributed by atoms with van der Waals surface area (Å²) in [7, 11) is 0. The van der Waals surface area contributed by atoms with Crippen LogP contribution in [0.3, 0.4) is 0 Å². The van der Waals surface area contributed by atoms with E-state index >= 15 is 0 Å². The zero-order chi connectivity index (χ0) is 13.8.